The van der Waals surface area contributed by atoms with Gasteiger partial charge in [0.25, 0.3) is 5.92 Å². The standard InChI is InChI=1S/C17H18F3N3O3/c18-13-3-1-2-12(8-13)17(19,20)10-21-16(24)22-15-9-14(26-23-15)11-4-6-25-7-5-11/h1-3,8-9,11H,4-7,10H2,(H2,21,22,23,24). The number of hydrogen-bond donors (Lipinski definition) is 2. The van der Waals surface area contributed by atoms with Crippen molar-refractivity contribution in [2.45, 2.75) is 24.7 Å². The number of amides is 2. The number of nitrogens with zero attached hydrogens (tertiary/aromatic N) is 1. The van der Waals surface area contributed by atoms with Gasteiger partial charge in [-0.1, -0.05) is 17.3 Å². The average molecular weight is 369 g/mol. The first-order valence-electron chi connectivity index (χ1n) is 8.17. The first-order valence-corrected chi connectivity index (χ1v) is 8.17. The number of benzene rings is 1. The van der Waals surface area contributed by atoms with E-state index in [1.807, 2.05) is 0 Å². The van der Waals surface area contributed by atoms with Crippen LogP contribution in [-0.2, 0) is 10.7 Å². The van der Waals surface area contributed by atoms with Gasteiger partial charge in [-0.15, -0.1) is 0 Å². The third-order valence-electron chi connectivity index (χ3n) is 4.11. The summed E-state index contributed by atoms with van der Waals surface area (Å²) in [5.74, 6) is -3.26. The number of anilines is 1. The number of urea groups is 1. The van der Waals surface area contributed by atoms with Crippen molar-refractivity contribution in [3.05, 3.63) is 47.5 Å². The van der Waals surface area contributed by atoms with Crippen molar-refractivity contribution in [2.24, 2.45) is 0 Å². The molecule has 0 saturated carbocycles. The maximum absolute atomic E-state index is 14.0. The normalized spacial score (nSPS) is 15.7. The minimum Gasteiger partial charge on any atom is -0.381 e. The van der Waals surface area contributed by atoms with Crippen LogP contribution in [0, 0.1) is 5.82 Å². The van der Waals surface area contributed by atoms with Gasteiger partial charge in [-0.2, -0.15) is 8.78 Å². The van der Waals surface area contributed by atoms with Crippen LogP contribution in [0.4, 0.5) is 23.8 Å². The van der Waals surface area contributed by atoms with Gasteiger partial charge in [0.05, 0.1) is 6.54 Å². The van der Waals surface area contributed by atoms with E-state index in [1.165, 1.54) is 6.07 Å². The van der Waals surface area contributed by atoms with Crippen molar-refractivity contribution in [1.29, 1.82) is 0 Å². The van der Waals surface area contributed by atoms with Gasteiger partial charge in [0.15, 0.2) is 5.82 Å². The predicted molar refractivity (Wildman–Crippen MR) is 86.6 cm³/mol. The molecular weight excluding hydrogens is 351 g/mol. The molecule has 0 atom stereocenters. The van der Waals surface area contributed by atoms with Crippen LogP contribution in [0.3, 0.4) is 0 Å². The van der Waals surface area contributed by atoms with Crippen molar-refractivity contribution >= 4 is 11.8 Å². The third kappa shape index (κ3) is 4.54. The molecular formula is C17H18F3N3O3. The minimum atomic E-state index is -3.41. The van der Waals surface area contributed by atoms with Gasteiger partial charge in [-0.3, -0.25) is 5.32 Å². The summed E-state index contributed by atoms with van der Waals surface area (Å²) in [5.41, 5.74) is -0.513. The number of carbonyl (C=O) groups is 1. The summed E-state index contributed by atoms with van der Waals surface area (Å²) < 4.78 is 51.6. The molecule has 1 saturated heterocycles. The molecule has 26 heavy (non-hydrogen) atoms. The number of halogens is 3. The van der Waals surface area contributed by atoms with Crippen LogP contribution >= 0.6 is 0 Å². The number of hydrogen-bond acceptors (Lipinski definition) is 4. The first-order chi connectivity index (χ1) is 12.4. The second-order valence-electron chi connectivity index (χ2n) is 6.02. The van der Waals surface area contributed by atoms with E-state index >= 15 is 0 Å². The van der Waals surface area contributed by atoms with E-state index in [0.29, 0.717) is 19.0 Å². The van der Waals surface area contributed by atoms with Crippen LogP contribution in [0.15, 0.2) is 34.9 Å². The van der Waals surface area contributed by atoms with Crippen LogP contribution in [-0.4, -0.2) is 30.9 Å². The maximum atomic E-state index is 14.0. The summed E-state index contributed by atoms with van der Waals surface area (Å²) >= 11 is 0. The molecule has 2 heterocycles. The molecule has 1 aliphatic rings. The summed E-state index contributed by atoms with van der Waals surface area (Å²) in [6.45, 7) is 0.278. The fourth-order valence-electron chi connectivity index (χ4n) is 2.69. The number of rotatable bonds is 5. The van der Waals surface area contributed by atoms with Crippen molar-refractivity contribution in [1.82, 2.24) is 10.5 Å². The molecule has 1 fully saturated rings. The molecule has 3 rings (SSSR count). The molecule has 0 unspecified atom stereocenters. The molecule has 0 spiro atoms. The van der Waals surface area contributed by atoms with Gasteiger partial charge in [-0.25, -0.2) is 9.18 Å². The lowest BCUT2D eigenvalue weighted by Gasteiger charge is -2.18. The highest BCUT2D eigenvalue weighted by atomic mass is 19.3. The van der Waals surface area contributed by atoms with E-state index in [4.69, 9.17) is 9.26 Å². The number of aromatic nitrogens is 1. The molecule has 140 valence electrons. The monoisotopic (exact) mass is 369 g/mol. The van der Waals surface area contributed by atoms with Crippen LogP contribution in [0.25, 0.3) is 0 Å². The third-order valence-corrected chi connectivity index (χ3v) is 4.11. The number of alkyl halides is 2. The van der Waals surface area contributed by atoms with Gasteiger partial charge in [0.1, 0.15) is 11.6 Å². The van der Waals surface area contributed by atoms with E-state index in [2.05, 4.69) is 15.8 Å². The Morgan fingerprint density at radius 3 is 2.77 bits per heavy atom. The molecule has 2 N–H and O–H groups in total. The fourth-order valence-corrected chi connectivity index (χ4v) is 2.69. The van der Waals surface area contributed by atoms with Crippen molar-refractivity contribution in [2.75, 3.05) is 25.1 Å². The Balaban J connectivity index is 1.53. The van der Waals surface area contributed by atoms with E-state index in [-0.39, 0.29) is 11.7 Å². The van der Waals surface area contributed by atoms with Crippen LogP contribution < -0.4 is 10.6 Å². The second-order valence-corrected chi connectivity index (χ2v) is 6.02. The Morgan fingerprint density at radius 2 is 2.04 bits per heavy atom. The molecule has 6 nitrogen and oxygen atoms in total. The Hall–Kier alpha value is -2.55. The molecule has 0 bridgehead atoms. The molecule has 0 aliphatic carbocycles. The Kier molecular flexibility index (Phi) is 5.46. The van der Waals surface area contributed by atoms with Crippen LogP contribution in [0.1, 0.15) is 30.1 Å². The highest BCUT2D eigenvalue weighted by Gasteiger charge is 2.32. The number of carbonyl (C=O) groups excluding carboxylic acids is 1. The summed E-state index contributed by atoms with van der Waals surface area (Å²) in [4.78, 5) is 11.8. The number of ether oxygens (including phenoxy) is 1. The average Bonchev–Trinajstić information content (AvgIpc) is 3.09. The summed E-state index contributed by atoms with van der Waals surface area (Å²) in [5, 5.41) is 8.12. The zero-order chi connectivity index (χ0) is 18.6. The second kappa shape index (κ2) is 7.77. The van der Waals surface area contributed by atoms with Crippen molar-refractivity contribution in [3.63, 3.8) is 0 Å². The zero-order valence-corrected chi connectivity index (χ0v) is 13.8. The molecule has 2 amide bonds. The first kappa shape index (κ1) is 18.2. The van der Waals surface area contributed by atoms with Crippen molar-refractivity contribution < 1.29 is 27.2 Å². The Morgan fingerprint density at radius 1 is 1.27 bits per heavy atom. The molecule has 1 aromatic heterocycles. The van der Waals surface area contributed by atoms with Gasteiger partial charge in [0.2, 0.25) is 0 Å². The number of nitrogens with one attached hydrogen (secondary N) is 2. The van der Waals surface area contributed by atoms with Gasteiger partial charge < -0.3 is 14.6 Å². The highest BCUT2D eigenvalue weighted by molar-refractivity contribution is 5.88. The highest BCUT2D eigenvalue weighted by Crippen LogP contribution is 2.29. The lowest BCUT2D eigenvalue weighted by atomic mass is 9.98. The molecule has 0 radical (unpaired) electrons. The zero-order valence-electron chi connectivity index (χ0n) is 13.8. The summed E-state index contributed by atoms with van der Waals surface area (Å²) in [7, 11) is 0. The molecule has 9 heteroatoms. The quantitative estimate of drug-likeness (QED) is 0.844. The fraction of sp³-hybridized carbons (Fsp3) is 0.412. The van der Waals surface area contributed by atoms with E-state index in [0.717, 1.165) is 31.0 Å². The largest absolute Gasteiger partial charge is 0.381 e. The van der Waals surface area contributed by atoms with Crippen LogP contribution in [0.2, 0.25) is 0 Å². The summed E-state index contributed by atoms with van der Waals surface area (Å²) in [6.07, 6.45) is 1.58. The maximum Gasteiger partial charge on any atom is 0.320 e. The lowest BCUT2D eigenvalue weighted by Crippen LogP contribution is -2.37. The van der Waals surface area contributed by atoms with E-state index in [1.54, 1.807) is 6.07 Å². The summed E-state index contributed by atoms with van der Waals surface area (Å²) in [6, 6.07) is 4.80. The smallest absolute Gasteiger partial charge is 0.320 e. The van der Waals surface area contributed by atoms with Gasteiger partial charge in [-0.05, 0) is 25.0 Å². The van der Waals surface area contributed by atoms with Crippen molar-refractivity contribution in [3.8, 4) is 0 Å². The lowest BCUT2D eigenvalue weighted by molar-refractivity contribution is -0.000376. The molecule has 1 aliphatic heterocycles. The Bertz CT molecular complexity index is 760. The molecule has 1 aromatic carbocycles. The molecule has 2 aromatic rings. The Labute approximate surface area is 147 Å². The predicted octanol–water partition coefficient (Wildman–Crippen LogP) is 3.62. The SMILES string of the molecule is O=C(NCC(F)(F)c1cccc(F)c1)Nc1cc(C2CCOCC2)on1. The van der Waals surface area contributed by atoms with E-state index < -0.39 is 29.9 Å². The van der Waals surface area contributed by atoms with E-state index in [9.17, 15) is 18.0 Å². The van der Waals surface area contributed by atoms with Gasteiger partial charge in [0, 0.05) is 30.8 Å². The van der Waals surface area contributed by atoms with Gasteiger partial charge >= 0.3 is 6.03 Å². The minimum absolute atomic E-state index is 0.137. The van der Waals surface area contributed by atoms with Crippen LogP contribution in [0.5, 0.6) is 0 Å². The topological polar surface area (TPSA) is 76.4 Å².